The number of ether oxygens (including phenoxy) is 2. The third-order valence-electron chi connectivity index (χ3n) is 3.64. The van der Waals surface area contributed by atoms with E-state index in [0.29, 0.717) is 38.1 Å². The van der Waals surface area contributed by atoms with Crippen LogP contribution in [0.2, 0.25) is 0 Å². The number of guanidine groups is 1. The zero-order valence-corrected chi connectivity index (χ0v) is 15.0. The molecule has 2 rings (SSSR count). The van der Waals surface area contributed by atoms with E-state index in [9.17, 15) is 4.79 Å². The molecule has 1 saturated carbocycles. The Balaban J connectivity index is 1.72. The van der Waals surface area contributed by atoms with E-state index in [1.807, 2.05) is 31.2 Å². The van der Waals surface area contributed by atoms with E-state index in [-0.39, 0.29) is 12.5 Å². The van der Waals surface area contributed by atoms with E-state index in [0.717, 1.165) is 24.4 Å². The lowest BCUT2D eigenvalue weighted by atomic mass is 10.2. The number of aliphatic imine (C=N–C) groups is 1. The Morgan fingerprint density at radius 3 is 2.88 bits per heavy atom. The summed E-state index contributed by atoms with van der Waals surface area (Å²) in [6.45, 7) is 4.68. The largest absolute Gasteiger partial charge is 0.484 e. The van der Waals surface area contributed by atoms with Gasteiger partial charge in [0.05, 0.1) is 6.61 Å². The van der Waals surface area contributed by atoms with E-state index in [2.05, 4.69) is 20.9 Å². The van der Waals surface area contributed by atoms with Gasteiger partial charge in [-0.05, 0) is 37.5 Å². The van der Waals surface area contributed by atoms with E-state index >= 15 is 0 Å². The Bertz CT molecular complexity index is 573. The first-order chi connectivity index (χ1) is 12.2. The maximum absolute atomic E-state index is 11.7. The molecule has 7 heteroatoms. The molecule has 0 saturated heterocycles. The standard InChI is InChI=1S/C18H28N4O3/c1-3-24-10-9-20-18(19-2)21-12-14-5-4-6-16(11-14)25-13-17(23)22-15-7-8-15/h4-6,11,15H,3,7-10,12-13H2,1-2H3,(H,22,23)(H2,19,20,21). The highest BCUT2D eigenvalue weighted by atomic mass is 16.5. The summed E-state index contributed by atoms with van der Waals surface area (Å²) < 4.78 is 10.8. The average molecular weight is 348 g/mol. The Morgan fingerprint density at radius 1 is 1.32 bits per heavy atom. The number of benzene rings is 1. The fourth-order valence-electron chi connectivity index (χ4n) is 2.18. The Hall–Kier alpha value is -2.28. The second-order valence-electron chi connectivity index (χ2n) is 5.83. The number of hydrogen-bond acceptors (Lipinski definition) is 4. The van der Waals surface area contributed by atoms with Gasteiger partial charge in [-0.25, -0.2) is 0 Å². The van der Waals surface area contributed by atoms with E-state index in [1.165, 1.54) is 0 Å². The molecule has 0 unspecified atom stereocenters. The van der Waals surface area contributed by atoms with Crippen LogP contribution >= 0.6 is 0 Å². The molecule has 1 aromatic rings. The second kappa shape index (κ2) is 10.6. The molecule has 7 nitrogen and oxygen atoms in total. The molecule has 1 aliphatic rings. The summed E-state index contributed by atoms with van der Waals surface area (Å²) in [6, 6.07) is 8.04. The summed E-state index contributed by atoms with van der Waals surface area (Å²) in [4.78, 5) is 15.8. The molecule has 138 valence electrons. The van der Waals surface area contributed by atoms with Crippen LogP contribution in [0.5, 0.6) is 5.75 Å². The highest BCUT2D eigenvalue weighted by molar-refractivity contribution is 5.79. The van der Waals surface area contributed by atoms with Crippen molar-refractivity contribution < 1.29 is 14.3 Å². The molecule has 1 aromatic carbocycles. The third-order valence-corrected chi connectivity index (χ3v) is 3.64. The van der Waals surface area contributed by atoms with Crippen LogP contribution in [-0.4, -0.2) is 51.3 Å². The Labute approximate surface area is 149 Å². The van der Waals surface area contributed by atoms with Gasteiger partial charge in [0.25, 0.3) is 5.91 Å². The van der Waals surface area contributed by atoms with Gasteiger partial charge in [0.15, 0.2) is 12.6 Å². The molecule has 0 radical (unpaired) electrons. The minimum Gasteiger partial charge on any atom is -0.484 e. The SMILES string of the molecule is CCOCCNC(=NC)NCc1cccc(OCC(=O)NC2CC2)c1. The van der Waals surface area contributed by atoms with Gasteiger partial charge in [-0.2, -0.15) is 0 Å². The molecule has 1 aliphatic carbocycles. The summed E-state index contributed by atoms with van der Waals surface area (Å²) >= 11 is 0. The molecule has 0 aromatic heterocycles. The van der Waals surface area contributed by atoms with Crippen LogP contribution in [0.25, 0.3) is 0 Å². The van der Waals surface area contributed by atoms with Crippen molar-refractivity contribution in [2.45, 2.75) is 32.4 Å². The van der Waals surface area contributed by atoms with Crippen LogP contribution in [0.15, 0.2) is 29.3 Å². The van der Waals surface area contributed by atoms with Gasteiger partial charge in [-0.3, -0.25) is 9.79 Å². The first-order valence-electron chi connectivity index (χ1n) is 8.74. The fourth-order valence-corrected chi connectivity index (χ4v) is 2.18. The highest BCUT2D eigenvalue weighted by Crippen LogP contribution is 2.18. The molecular weight excluding hydrogens is 320 g/mol. The third kappa shape index (κ3) is 7.89. The summed E-state index contributed by atoms with van der Waals surface area (Å²) in [6.07, 6.45) is 2.15. The van der Waals surface area contributed by atoms with E-state index in [4.69, 9.17) is 9.47 Å². The van der Waals surface area contributed by atoms with Crippen molar-refractivity contribution in [2.75, 3.05) is 33.4 Å². The molecule has 0 spiro atoms. The number of carbonyl (C=O) groups is 1. The Kier molecular flexibility index (Phi) is 8.04. The molecule has 0 heterocycles. The maximum atomic E-state index is 11.7. The monoisotopic (exact) mass is 348 g/mol. The van der Waals surface area contributed by atoms with Crippen molar-refractivity contribution in [2.24, 2.45) is 4.99 Å². The first-order valence-corrected chi connectivity index (χ1v) is 8.74. The van der Waals surface area contributed by atoms with Crippen molar-refractivity contribution in [3.05, 3.63) is 29.8 Å². The quantitative estimate of drug-likeness (QED) is 0.334. The zero-order chi connectivity index (χ0) is 17.9. The Morgan fingerprint density at radius 2 is 2.16 bits per heavy atom. The van der Waals surface area contributed by atoms with Crippen molar-refractivity contribution in [3.63, 3.8) is 0 Å². The molecule has 1 fully saturated rings. The summed E-state index contributed by atoms with van der Waals surface area (Å²) in [7, 11) is 1.73. The zero-order valence-electron chi connectivity index (χ0n) is 15.0. The lowest BCUT2D eigenvalue weighted by Gasteiger charge is -2.13. The van der Waals surface area contributed by atoms with E-state index < -0.39 is 0 Å². The van der Waals surface area contributed by atoms with Crippen molar-refractivity contribution >= 4 is 11.9 Å². The normalized spacial score (nSPS) is 14.1. The topological polar surface area (TPSA) is 84.0 Å². The van der Waals surface area contributed by atoms with Gasteiger partial charge in [0, 0.05) is 32.8 Å². The molecule has 25 heavy (non-hydrogen) atoms. The van der Waals surface area contributed by atoms with Crippen molar-refractivity contribution in [1.29, 1.82) is 0 Å². The van der Waals surface area contributed by atoms with Crippen LogP contribution in [0, 0.1) is 0 Å². The van der Waals surface area contributed by atoms with Crippen LogP contribution in [0.3, 0.4) is 0 Å². The number of nitrogens with one attached hydrogen (secondary N) is 3. The van der Waals surface area contributed by atoms with Gasteiger partial charge in [-0.1, -0.05) is 12.1 Å². The van der Waals surface area contributed by atoms with Gasteiger partial charge in [0.1, 0.15) is 5.75 Å². The first kappa shape index (κ1) is 19.1. The molecule has 0 atom stereocenters. The predicted octanol–water partition coefficient (Wildman–Crippen LogP) is 1.05. The number of amides is 1. The smallest absolute Gasteiger partial charge is 0.258 e. The number of carbonyl (C=O) groups excluding carboxylic acids is 1. The number of hydrogen-bond donors (Lipinski definition) is 3. The molecule has 3 N–H and O–H groups in total. The minimum absolute atomic E-state index is 0.0496. The lowest BCUT2D eigenvalue weighted by molar-refractivity contribution is -0.123. The summed E-state index contributed by atoms with van der Waals surface area (Å²) in [5.74, 6) is 1.34. The van der Waals surface area contributed by atoms with Gasteiger partial charge in [-0.15, -0.1) is 0 Å². The lowest BCUT2D eigenvalue weighted by Crippen LogP contribution is -2.38. The number of nitrogens with zero attached hydrogens (tertiary/aromatic N) is 1. The molecule has 0 aliphatic heterocycles. The van der Waals surface area contributed by atoms with Crippen LogP contribution < -0.4 is 20.7 Å². The number of rotatable bonds is 10. The van der Waals surface area contributed by atoms with Crippen LogP contribution in [0.4, 0.5) is 0 Å². The predicted molar refractivity (Wildman–Crippen MR) is 97.8 cm³/mol. The van der Waals surface area contributed by atoms with E-state index in [1.54, 1.807) is 7.05 Å². The van der Waals surface area contributed by atoms with Crippen LogP contribution in [0.1, 0.15) is 25.3 Å². The average Bonchev–Trinajstić information content (AvgIpc) is 3.44. The minimum atomic E-state index is -0.0649. The van der Waals surface area contributed by atoms with Gasteiger partial charge < -0.3 is 25.4 Å². The highest BCUT2D eigenvalue weighted by Gasteiger charge is 2.23. The van der Waals surface area contributed by atoms with Crippen LogP contribution in [-0.2, 0) is 16.1 Å². The second-order valence-corrected chi connectivity index (χ2v) is 5.83. The molecule has 1 amide bonds. The molecular formula is C18H28N4O3. The van der Waals surface area contributed by atoms with Gasteiger partial charge in [0.2, 0.25) is 0 Å². The van der Waals surface area contributed by atoms with Gasteiger partial charge >= 0.3 is 0 Å². The van der Waals surface area contributed by atoms with Crippen molar-refractivity contribution in [3.8, 4) is 5.75 Å². The fraction of sp³-hybridized carbons (Fsp3) is 0.556. The summed E-state index contributed by atoms with van der Waals surface area (Å²) in [5, 5.41) is 9.32. The summed E-state index contributed by atoms with van der Waals surface area (Å²) in [5.41, 5.74) is 1.05. The molecule has 0 bridgehead atoms. The maximum Gasteiger partial charge on any atom is 0.258 e. The van der Waals surface area contributed by atoms with Crippen molar-refractivity contribution in [1.82, 2.24) is 16.0 Å².